The second kappa shape index (κ2) is 9.41. The van der Waals surface area contributed by atoms with Crippen LogP contribution in [0.15, 0.2) is 52.6 Å². The third kappa shape index (κ3) is 4.03. The average Bonchev–Trinajstić information content (AvgIpc) is 3.42. The maximum atomic E-state index is 13.3. The van der Waals surface area contributed by atoms with Gasteiger partial charge >= 0.3 is 5.91 Å². The number of anilines is 1. The molecule has 10 heteroatoms. The fourth-order valence-electron chi connectivity index (χ4n) is 4.04. The first-order chi connectivity index (χ1) is 16.8. The first-order valence-electron chi connectivity index (χ1n) is 10.5. The molecule has 1 aliphatic heterocycles. The van der Waals surface area contributed by atoms with Gasteiger partial charge in [0.15, 0.2) is 17.3 Å². The number of aromatic nitrogens is 1. The van der Waals surface area contributed by atoms with Gasteiger partial charge in [-0.2, -0.15) is 0 Å². The molecule has 1 N–H and O–H groups in total. The predicted molar refractivity (Wildman–Crippen MR) is 125 cm³/mol. The van der Waals surface area contributed by atoms with Crippen molar-refractivity contribution in [1.29, 1.82) is 0 Å². The highest BCUT2D eigenvalue weighted by Crippen LogP contribution is 2.47. The molecule has 1 saturated heterocycles. The lowest BCUT2D eigenvalue weighted by Crippen LogP contribution is -2.29. The molecule has 0 bridgehead atoms. The normalized spacial score (nSPS) is 16.9. The Morgan fingerprint density at radius 1 is 0.971 bits per heavy atom. The Morgan fingerprint density at radius 2 is 1.66 bits per heavy atom. The minimum absolute atomic E-state index is 0.119. The zero-order valence-electron chi connectivity index (χ0n) is 19.8. The largest absolute Gasteiger partial charge is 0.507 e. The second-order valence-electron chi connectivity index (χ2n) is 7.66. The van der Waals surface area contributed by atoms with Gasteiger partial charge < -0.3 is 28.6 Å². The lowest BCUT2D eigenvalue weighted by Gasteiger charge is -2.24. The number of Topliss-reactive ketones (excluding diaryl/α,β-unsaturated/α-hetero) is 1. The van der Waals surface area contributed by atoms with Gasteiger partial charge in [0.25, 0.3) is 5.78 Å². The molecule has 1 aromatic heterocycles. The van der Waals surface area contributed by atoms with Crippen molar-refractivity contribution < 1.29 is 38.2 Å². The Morgan fingerprint density at radius 3 is 2.20 bits per heavy atom. The molecule has 182 valence electrons. The lowest BCUT2D eigenvalue weighted by molar-refractivity contribution is -0.132. The summed E-state index contributed by atoms with van der Waals surface area (Å²) in [7, 11) is 5.86. The zero-order chi connectivity index (χ0) is 25.3. The summed E-state index contributed by atoms with van der Waals surface area (Å²) in [6.45, 7) is 1.66. The highest BCUT2D eigenvalue weighted by atomic mass is 16.5. The van der Waals surface area contributed by atoms with Crippen LogP contribution in [0.5, 0.6) is 23.0 Å². The highest BCUT2D eigenvalue weighted by molar-refractivity contribution is 6.51. The molecule has 1 amide bonds. The number of ketones is 1. The third-order valence-corrected chi connectivity index (χ3v) is 5.65. The Balaban J connectivity index is 2.01. The second-order valence-corrected chi connectivity index (χ2v) is 7.66. The zero-order valence-corrected chi connectivity index (χ0v) is 19.8. The number of methoxy groups -OCH3 is 4. The Kier molecular flexibility index (Phi) is 6.37. The van der Waals surface area contributed by atoms with E-state index in [1.807, 2.05) is 0 Å². The van der Waals surface area contributed by atoms with Gasteiger partial charge in [-0.25, -0.2) is 0 Å². The molecule has 35 heavy (non-hydrogen) atoms. The van der Waals surface area contributed by atoms with E-state index in [0.29, 0.717) is 39.9 Å². The van der Waals surface area contributed by atoms with Gasteiger partial charge in [0.2, 0.25) is 5.75 Å². The summed E-state index contributed by atoms with van der Waals surface area (Å²) in [5.74, 6) is -0.142. The first-order valence-corrected chi connectivity index (χ1v) is 10.5. The quantitative estimate of drug-likeness (QED) is 0.307. The number of aliphatic hydroxyl groups is 1. The molecular formula is C25H24N2O8. The van der Waals surface area contributed by atoms with Crippen LogP contribution in [-0.4, -0.2) is 50.4 Å². The van der Waals surface area contributed by atoms with Gasteiger partial charge in [-0.1, -0.05) is 17.3 Å². The van der Waals surface area contributed by atoms with Gasteiger partial charge in [0.05, 0.1) is 40.1 Å². The Hall–Kier alpha value is -4.47. The number of ether oxygens (including phenoxy) is 4. The Bertz CT molecular complexity index is 1300. The molecular weight excluding hydrogens is 456 g/mol. The van der Waals surface area contributed by atoms with E-state index in [4.69, 9.17) is 23.5 Å². The molecule has 0 saturated carbocycles. The van der Waals surface area contributed by atoms with Crippen molar-refractivity contribution in [2.24, 2.45) is 0 Å². The van der Waals surface area contributed by atoms with E-state index in [1.54, 1.807) is 43.3 Å². The van der Waals surface area contributed by atoms with Crippen LogP contribution in [0.3, 0.4) is 0 Å². The van der Waals surface area contributed by atoms with Crippen LogP contribution in [0.4, 0.5) is 5.82 Å². The maximum Gasteiger partial charge on any atom is 0.301 e. The summed E-state index contributed by atoms with van der Waals surface area (Å²) in [5.41, 5.74) is 0.582. The summed E-state index contributed by atoms with van der Waals surface area (Å²) >= 11 is 0. The van der Waals surface area contributed by atoms with Crippen LogP contribution < -0.4 is 23.8 Å². The molecule has 0 radical (unpaired) electrons. The van der Waals surface area contributed by atoms with Crippen molar-refractivity contribution in [1.82, 2.24) is 5.16 Å². The van der Waals surface area contributed by atoms with E-state index in [1.165, 1.54) is 39.4 Å². The van der Waals surface area contributed by atoms with Crippen molar-refractivity contribution in [3.8, 4) is 23.0 Å². The monoisotopic (exact) mass is 480 g/mol. The van der Waals surface area contributed by atoms with Crippen molar-refractivity contribution in [2.45, 2.75) is 13.0 Å². The molecule has 2 aromatic carbocycles. The number of nitrogens with zero attached hydrogens (tertiary/aromatic N) is 2. The fourth-order valence-corrected chi connectivity index (χ4v) is 4.04. The number of hydrogen-bond donors (Lipinski definition) is 1. The molecule has 1 atom stereocenters. The first kappa shape index (κ1) is 23.7. The number of amides is 1. The molecule has 1 unspecified atom stereocenters. The fraction of sp³-hybridized carbons (Fsp3) is 0.240. The maximum absolute atomic E-state index is 13.3. The number of benzene rings is 2. The van der Waals surface area contributed by atoms with Crippen molar-refractivity contribution in [2.75, 3.05) is 33.3 Å². The highest BCUT2D eigenvalue weighted by Gasteiger charge is 2.48. The molecule has 1 fully saturated rings. The summed E-state index contributed by atoms with van der Waals surface area (Å²) in [6, 6.07) is 10.2. The molecule has 0 spiro atoms. The van der Waals surface area contributed by atoms with Crippen molar-refractivity contribution in [3.05, 3.63) is 64.9 Å². The van der Waals surface area contributed by atoms with Gasteiger partial charge in [0.1, 0.15) is 17.3 Å². The molecule has 4 rings (SSSR count). The van der Waals surface area contributed by atoms with Crippen molar-refractivity contribution >= 4 is 23.3 Å². The third-order valence-electron chi connectivity index (χ3n) is 5.65. The summed E-state index contributed by atoms with van der Waals surface area (Å²) < 4.78 is 26.7. The van der Waals surface area contributed by atoms with Gasteiger partial charge in [-0.05, 0) is 36.8 Å². The van der Waals surface area contributed by atoms with Crippen LogP contribution >= 0.6 is 0 Å². The van der Waals surface area contributed by atoms with Crippen LogP contribution in [0, 0.1) is 6.92 Å². The van der Waals surface area contributed by atoms with E-state index < -0.39 is 17.7 Å². The standard InChI is InChI=1S/C25H24N2O8/c1-13-9-19(26-35-13)27-21(15-11-17(32-3)24(34-5)18(12-15)33-4)20(23(29)25(27)30)22(28)14-7-6-8-16(10-14)31-2/h6-12,21,28H,1-5H3. The minimum Gasteiger partial charge on any atom is -0.507 e. The summed E-state index contributed by atoms with van der Waals surface area (Å²) in [4.78, 5) is 27.7. The van der Waals surface area contributed by atoms with Gasteiger partial charge in [-0.15, -0.1) is 0 Å². The molecule has 2 heterocycles. The van der Waals surface area contributed by atoms with E-state index >= 15 is 0 Å². The van der Waals surface area contributed by atoms with E-state index in [0.717, 1.165) is 0 Å². The number of carbonyl (C=O) groups excluding carboxylic acids is 2. The lowest BCUT2D eigenvalue weighted by atomic mass is 9.94. The number of rotatable bonds is 7. The number of hydrogen-bond acceptors (Lipinski definition) is 9. The number of carbonyl (C=O) groups is 2. The Labute approximate surface area is 201 Å². The molecule has 0 aliphatic carbocycles. The van der Waals surface area contributed by atoms with Crippen LogP contribution in [0.2, 0.25) is 0 Å². The molecule has 10 nitrogen and oxygen atoms in total. The van der Waals surface area contributed by atoms with Crippen LogP contribution in [-0.2, 0) is 9.59 Å². The SMILES string of the molecule is COc1cccc(C(O)=C2C(=O)C(=O)N(c3cc(C)on3)C2c2cc(OC)c(OC)c(OC)c2)c1. The van der Waals surface area contributed by atoms with Gasteiger partial charge in [-0.3, -0.25) is 14.5 Å². The van der Waals surface area contributed by atoms with E-state index in [-0.39, 0.29) is 17.2 Å². The summed E-state index contributed by atoms with van der Waals surface area (Å²) in [6.07, 6.45) is 0. The number of aryl methyl sites for hydroxylation is 1. The predicted octanol–water partition coefficient (Wildman–Crippen LogP) is 3.64. The summed E-state index contributed by atoms with van der Waals surface area (Å²) in [5, 5.41) is 15.2. The smallest absolute Gasteiger partial charge is 0.301 e. The average molecular weight is 480 g/mol. The van der Waals surface area contributed by atoms with E-state index in [2.05, 4.69) is 5.16 Å². The van der Waals surface area contributed by atoms with Crippen LogP contribution in [0.25, 0.3) is 5.76 Å². The minimum atomic E-state index is -1.07. The van der Waals surface area contributed by atoms with Crippen LogP contribution in [0.1, 0.15) is 22.9 Å². The van der Waals surface area contributed by atoms with Crippen molar-refractivity contribution in [3.63, 3.8) is 0 Å². The van der Waals surface area contributed by atoms with Gasteiger partial charge in [0, 0.05) is 11.6 Å². The topological polar surface area (TPSA) is 121 Å². The molecule has 3 aromatic rings. The number of aliphatic hydroxyl groups excluding tert-OH is 1. The molecule has 1 aliphatic rings. The van der Waals surface area contributed by atoms with E-state index in [9.17, 15) is 14.7 Å².